The van der Waals surface area contributed by atoms with Crippen molar-refractivity contribution in [2.45, 2.75) is 39.0 Å². The largest absolute Gasteiger partial charge is 0.0850 e. The maximum atomic E-state index is 5.54. The van der Waals surface area contributed by atoms with Gasteiger partial charge in [0.25, 0.3) is 0 Å². The Kier molecular flexibility index (Phi) is 7.71. The number of hydrogen-bond donors (Lipinski definition) is 0. The van der Waals surface area contributed by atoms with E-state index in [4.69, 9.17) is 11.6 Å². The lowest BCUT2D eigenvalue weighted by molar-refractivity contribution is 0.674. The van der Waals surface area contributed by atoms with Crippen molar-refractivity contribution in [3.8, 4) is 0 Å². The SMILES string of the molecule is C=C(Cl)/C=C/CCCCCC. The van der Waals surface area contributed by atoms with Gasteiger partial charge in [-0.15, -0.1) is 0 Å². The zero-order valence-electron chi connectivity index (χ0n) is 7.28. The molecule has 0 unspecified atom stereocenters. The van der Waals surface area contributed by atoms with Crippen LogP contribution >= 0.6 is 11.6 Å². The fourth-order valence-electron chi connectivity index (χ4n) is 0.900. The molecule has 1 heteroatoms. The smallest absolute Gasteiger partial charge is 0.0331 e. The number of allylic oxidation sites excluding steroid dienone is 3. The summed E-state index contributed by atoms with van der Waals surface area (Å²) in [5.74, 6) is 0. The predicted molar refractivity (Wildman–Crippen MR) is 52.9 cm³/mol. The molecule has 0 amide bonds. The average Bonchev–Trinajstić information content (AvgIpc) is 1.96. The number of hydrogen-bond acceptors (Lipinski definition) is 0. The Morgan fingerprint density at radius 2 is 2.09 bits per heavy atom. The monoisotopic (exact) mass is 172 g/mol. The summed E-state index contributed by atoms with van der Waals surface area (Å²) in [7, 11) is 0. The van der Waals surface area contributed by atoms with Gasteiger partial charge in [0.05, 0.1) is 0 Å². The second kappa shape index (κ2) is 7.87. The molecule has 0 aliphatic heterocycles. The van der Waals surface area contributed by atoms with Crippen LogP contribution in [-0.4, -0.2) is 0 Å². The molecule has 0 nitrogen and oxygen atoms in total. The van der Waals surface area contributed by atoms with Crippen LogP contribution in [-0.2, 0) is 0 Å². The lowest BCUT2D eigenvalue weighted by atomic mass is 10.1. The number of halogens is 1. The van der Waals surface area contributed by atoms with Crippen molar-refractivity contribution < 1.29 is 0 Å². The summed E-state index contributed by atoms with van der Waals surface area (Å²) in [4.78, 5) is 0. The van der Waals surface area contributed by atoms with Gasteiger partial charge in [0, 0.05) is 5.03 Å². The van der Waals surface area contributed by atoms with Crippen molar-refractivity contribution in [2.24, 2.45) is 0 Å². The van der Waals surface area contributed by atoms with Crippen molar-refractivity contribution in [3.63, 3.8) is 0 Å². The Morgan fingerprint density at radius 3 is 2.64 bits per heavy atom. The number of rotatable bonds is 6. The zero-order valence-corrected chi connectivity index (χ0v) is 8.03. The molecule has 0 aliphatic carbocycles. The van der Waals surface area contributed by atoms with E-state index in [0.29, 0.717) is 5.03 Å². The van der Waals surface area contributed by atoms with Crippen LogP contribution in [0.15, 0.2) is 23.8 Å². The zero-order chi connectivity index (χ0) is 8.53. The summed E-state index contributed by atoms with van der Waals surface area (Å²) >= 11 is 5.54. The first-order valence-corrected chi connectivity index (χ1v) is 4.66. The summed E-state index contributed by atoms with van der Waals surface area (Å²) in [6.07, 6.45) is 10.3. The minimum Gasteiger partial charge on any atom is -0.0850 e. The van der Waals surface area contributed by atoms with E-state index in [2.05, 4.69) is 19.6 Å². The van der Waals surface area contributed by atoms with E-state index in [1.165, 1.54) is 25.7 Å². The van der Waals surface area contributed by atoms with Gasteiger partial charge in [-0.25, -0.2) is 0 Å². The third-order valence-corrected chi connectivity index (χ3v) is 1.65. The Balaban J connectivity index is 3.07. The van der Waals surface area contributed by atoms with Crippen LogP contribution in [0.2, 0.25) is 0 Å². The first-order valence-electron chi connectivity index (χ1n) is 4.28. The normalized spacial score (nSPS) is 10.7. The van der Waals surface area contributed by atoms with Gasteiger partial charge >= 0.3 is 0 Å². The van der Waals surface area contributed by atoms with Gasteiger partial charge in [-0.3, -0.25) is 0 Å². The fourth-order valence-corrected chi connectivity index (χ4v) is 0.989. The van der Waals surface area contributed by atoms with Crippen LogP contribution in [0.5, 0.6) is 0 Å². The molecule has 0 fully saturated rings. The molecular weight excluding hydrogens is 156 g/mol. The van der Waals surface area contributed by atoms with Crippen molar-refractivity contribution in [2.75, 3.05) is 0 Å². The molecule has 0 saturated heterocycles. The van der Waals surface area contributed by atoms with E-state index in [1.54, 1.807) is 0 Å². The molecule has 0 aliphatic rings. The quantitative estimate of drug-likeness (QED) is 0.415. The molecule has 64 valence electrons. The fraction of sp³-hybridized carbons (Fsp3) is 0.600. The van der Waals surface area contributed by atoms with E-state index in [-0.39, 0.29) is 0 Å². The van der Waals surface area contributed by atoms with Gasteiger partial charge in [-0.1, -0.05) is 50.4 Å². The van der Waals surface area contributed by atoms with Crippen LogP contribution in [0.3, 0.4) is 0 Å². The second-order valence-electron chi connectivity index (χ2n) is 2.70. The third kappa shape index (κ3) is 9.77. The van der Waals surface area contributed by atoms with E-state index >= 15 is 0 Å². The molecule has 11 heavy (non-hydrogen) atoms. The summed E-state index contributed by atoms with van der Waals surface area (Å²) < 4.78 is 0. The Morgan fingerprint density at radius 1 is 1.36 bits per heavy atom. The molecule has 0 heterocycles. The minimum atomic E-state index is 0.625. The second-order valence-corrected chi connectivity index (χ2v) is 3.18. The maximum absolute atomic E-state index is 5.54. The van der Waals surface area contributed by atoms with Gasteiger partial charge in [0.1, 0.15) is 0 Å². The summed E-state index contributed by atoms with van der Waals surface area (Å²) in [6.45, 7) is 5.79. The maximum Gasteiger partial charge on any atom is 0.0331 e. The van der Waals surface area contributed by atoms with E-state index in [1.807, 2.05) is 6.08 Å². The topological polar surface area (TPSA) is 0 Å². The summed E-state index contributed by atoms with van der Waals surface area (Å²) in [5.41, 5.74) is 0. The van der Waals surface area contributed by atoms with E-state index in [9.17, 15) is 0 Å². The van der Waals surface area contributed by atoms with Crippen LogP contribution in [0.4, 0.5) is 0 Å². The van der Waals surface area contributed by atoms with Gasteiger partial charge in [-0.2, -0.15) is 0 Å². The first-order chi connectivity index (χ1) is 5.27. The van der Waals surface area contributed by atoms with Crippen LogP contribution in [0, 0.1) is 0 Å². The predicted octanol–water partition coefficient (Wildman–Crippen LogP) is 4.27. The van der Waals surface area contributed by atoms with Gasteiger partial charge in [-0.05, 0) is 18.9 Å². The van der Waals surface area contributed by atoms with Gasteiger partial charge < -0.3 is 0 Å². The van der Waals surface area contributed by atoms with Gasteiger partial charge in [0.2, 0.25) is 0 Å². The highest BCUT2D eigenvalue weighted by atomic mass is 35.5. The molecule has 0 aromatic rings. The van der Waals surface area contributed by atoms with Crippen LogP contribution < -0.4 is 0 Å². The molecule has 0 bridgehead atoms. The highest BCUT2D eigenvalue weighted by Crippen LogP contribution is 2.05. The molecule has 0 spiro atoms. The van der Waals surface area contributed by atoms with E-state index < -0.39 is 0 Å². The molecule has 0 aromatic heterocycles. The molecule has 0 atom stereocenters. The van der Waals surface area contributed by atoms with Crippen molar-refractivity contribution in [1.82, 2.24) is 0 Å². The Bertz CT molecular complexity index is 125. The third-order valence-electron chi connectivity index (χ3n) is 1.52. The minimum absolute atomic E-state index is 0.625. The molecule has 0 radical (unpaired) electrons. The molecule has 0 saturated carbocycles. The number of unbranched alkanes of at least 4 members (excludes halogenated alkanes) is 4. The highest BCUT2D eigenvalue weighted by Gasteiger charge is 1.84. The highest BCUT2D eigenvalue weighted by molar-refractivity contribution is 6.30. The molecule has 0 rings (SSSR count). The summed E-state index contributed by atoms with van der Waals surface area (Å²) in [6, 6.07) is 0. The first kappa shape index (κ1) is 10.8. The molecule has 0 N–H and O–H groups in total. The average molecular weight is 173 g/mol. The lowest BCUT2D eigenvalue weighted by Gasteiger charge is -1.93. The van der Waals surface area contributed by atoms with E-state index in [0.717, 1.165) is 6.42 Å². The van der Waals surface area contributed by atoms with Gasteiger partial charge in [0.15, 0.2) is 0 Å². The lowest BCUT2D eigenvalue weighted by Crippen LogP contribution is -1.73. The summed E-state index contributed by atoms with van der Waals surface area (Å²) in [5, 5.41) is 0.625. The van der Waals surface area contributed by atoms with Crippen LogP contribution in [0.1, 0.15) is 39.0 Å². The molecule has 0 aromatic carbocycles. The van der Waals surface area contributed by atoms with Crippen molar-refractivity contribution in [3.05, 3.63) is 23.8 Å². The standard InChI is InChI=1S/C10H17Cl/c1-3-4-5-6-7-8-9-10(2)11/h8-9H,2-7H2,1H3/b9-8+. The Labute approximate surface area is 74.9 Å². The Hall–Kier alpha value is -0.230. The van der Waals surface area contributed by atoms with Crippen molar-refractivity contribution in [1.29, 1.82) is 0 Å². The molecular formula is C10H17Cl. The van der Waals surface area contributed by atoms with Crippen LogP contribution in [0.25, 0.3) is 0 Å². The van der Waals surface area contributed by atoms with Crippen molar-refractivity contribution >= 4 is 11.6 Å².